The molecule has 0 atom stereocenters. The second-order valence-electron chi connectivity index (χ2n) is 9.23. The van der Waals surface area contributed by atoms with Crippen molar-refractivity contribution in [3.8, 4) is 17.6 Å². The highest BCUT2D eigenvalue weighted by Gasteiger charge is 2.33. The van der Waals surface area contributed by atoms with Crippen LogP contribution in [0.5, 0.6) is 11.5 Å². The molecule has 1 aliphatic carbocycles. The first kappa shape index (κ1) is 21.2. The number of fused-ring (bicyclic) bond motifs is 2. The standard InChI is InChI=1S/C26H23N5O4/c1-14-20(26(33)30-11-16(10-27)12-30)13-31-24(14)21(7-8-28-31)35-18-5-6-19-22(9-18)34-15(2)23(19)25(32)29-17-3-4-17/h5-9,13,16-17H,3-4,11-12H2,1-2H3,(H,29,32). The lowest BCUT2D eigenvalue weighted by Crippen LogP contribution is -2.49. The van der Waals surface area contributed by atoms with Gasteiger partial charge in [-0.2, -0.15) is 10.4 Å². The molecule has 176 valence electrons. The van der Waals surface area contributed by atoms with Crippen molar-refractivity contribution in [3.05, 3.63) is 59.1 Å². The average Bonchev–Trinajstić information content (AvgIpc) is 3.45. The number of carbonyl (C=O) groups is 2. The number of nitriles is 1. The number of aryl methyl sites for hydroxylation is 2. The SMILES string of the molecule is Cc1oc2cc(Oc3ccnn4cc(C(=O)N5CC(C#N)C5)c(C)c34)ccc2c1C(=O)NC1CC1. The van der Waals surface area contributed by atoms with Crippen LogP contribution in [-0.2, 0) is 0 Å². The third-order valence-electron chi connectivity index (χ3n) is 6.68. The summed E-state index contributed by atoms with van der Waals surface area (Å²) in [5.74, 6) is 1.32. The Morgan fingerprint density at radius 1 is 1.23 bits per heavy atom. The molecule has 6 rings (SSSR count). The number of benzene rings is 1. The molecule has 0 radical (unpaired) electrons. The monoisotopic (exact) mass is 469 g/mol. The van der Waals surface area contributed by atoms with E-state index in [-0.39, 0.29) is 23.8 Å². The highest BCUT2D eigenvalue weighted by Crippen LogP contribution is 2.35. The number of rotatable bonds is 5. The van der Waals surface area contributed by atoms with Gasteiger partial charge in [0.25, 0.3) is 11.8 Å². The summed E-state index contributed by atoms with van der Waals surface area (Å²) in [7, 11) is 0. The van der Waals surface area contributed by atoms with Gasteiger partial charge >= 0.3 is 0 Å². The maximum atomic E-state index is 12.9. The van der Waals surface area contributed by atoms with Crippen molar-refractivity contribution in [2.24, 2.45) is 5.92 Å². The lowest BCUT2D eigenvalue weighted by atomic mass is 10.0. The molecule has 35 heavy (non-hydrogen) atoms. The predicted molar refractivity (Wildman–Crippen MR) is 126 cm³/mol. The van der Waals surface area contributed by atoms with Gasteiger partial charge in [-0.1, -0.05) is 0 Å². The Hall–Kier alpha value is -4.32. The first-order chi connectivity index (χ1) is 16.9. The van der Waals surface area contributed by atoms with Crippen molar-refractivity contribution in [2.75, 3.05) is 13.1 Å². The van der Waals surface area contributed by atoms with E-state index in [0.29, 0.717) is 52.6 Å². The molecule has 1 saturated heterocycles. The Balaban J connectivity index is 1.30. The molecule has 0 unspecified atom stereocenters. The Morgan fingerprint density at radius 3 is 2.77 bits per heavy atom. The number of furan rings is 1. The molecule has 2 aliphatic rings. The smallest absolute Gasteiger partial charge is 0.255 e. The number of carbonyl (C=O) groups excluding carboxylic acids is 2. The number of ether oxygens (including phenoxy) is 1. The Morgan fingerprint density at radius 2 is 2.03 bits per heavy atom. The summed E-state index contributed by atoms with van der Waals surface area (Å²) in [5, 5.41) is 17.1. The van der Waals surface area contributed by atoms with Crippen molar-refractivity contribution in [3.63, 3.8) is 0 Å². The number of nitrogens with zero attached hydrogens (tertiary/aromatic N) is 4. The molecule has 4 heterocycles. The summed E-state index contributed by atoms with van der Waals surface area (Å²) in [4.78, 5) is 27.3. The fourth-order valence-electron chi connectivity index (χ4n) is 4.58. The van der Waals surface area contributed by atoms with Crippen LogP contribution in [0, 0.1) is 31.1 Å². The molecule has 1 saturated carbocycles. The van der Waals surface area contributed by atoms with E-state index in [2.05, 4.69) is 16.5 Å². The van der Waals surface area contributed by atoms with E-state index >= 15 is 0 Å². The van der Waals surface area contributed by atoms with Gasteiger partial charge in [0, 0.05) is 42.8 Å². The first-order valence-electron chi connectivity index (χ1n) is 11.6. The Bertz CT molecular complexity index is 1550. The molecular formula is C26H23N5O4. The van der Waals surface area contributed by atoms with Crippen molar-refractivity contribution in [2.45, 2.75) is 32.7 Å². The number of nitrogens with one attached hydrogen (secondary N) is 1. The van der Waals surface area contributed by atoms with E-state index in [1.807, 2.05) is 13.0 Å². The van der Waals surface area contributed by atoms with Crippen LogP contribution < -0.4 is 10.1 Å². The number of likely N-dealkylation sites (tertiary alicyclic amines) is 1. The summed E-state index contributed by atoms with van der Waals surface area (Å²) in [6, 6.07) is 9.59. The summed E-state index contributed by atoms with van der Waals surface area (Å²) in [6.45, 7) is 4.54. The topological polar surface area (TPSA) is 113 Å². The summed E-state index contributed by atoms with van der Waals surface area (Å²) in [6.07, 6.45) is 5.35. The molecule has 0 bridgehead atoms. The van der Waals surface area contributed by atoms with Gasteiger partial charge in [-0.3, -0.25) is 9.59 Å². The van der Waals surface area contributed by atoms with Gasteiger partial charge in [0.2, 0.25) is 0 Å². The highest BCUT2D eigenvalue weighted by molar-refractivity contribution is 6.07. The zero-order valence-corrected chi connectivity index (χ0v) is 19.4. The molecule has 1 aliphatic heterocycles. The van der Waals surface area contributed by atoms with Gasteiger partial charge in [0.05, 0.1) is 29.3 Å². The number of hydrogen-bond donors (Lipinski definition) is 1. The third kappa shape index (κ3) is 3.58. The van der Waals surface area contributed by atoms with Crippen LogP contribution in [0.3, 0.4) is 0 Å². The van der Waals surface area contributed by atoms with E-state index < -0.39 is 0 Å². The van der Waals surface area contributed by atoms with Gasteiger partial charge in [0.1, 0.15) is 22.6 Å². The summed E-state index contributed by atoms with van der Waals surface area (Å²) >= 11 is 0. The minimum absolute atomic E-state index is 0.103. The third-order valence-corrected chi connectivity index (χ3v) is 6.68. The molecule has 9 heteroatoms. The van der Waals surface area contributed by atoms with Gasteiger partial charge in [-0.25, -0.2) is 4.52 Å². The maximum Gasteiger partial charge on any atom is 0.255 e. The molecule has 2 amide bonds. The molecule has 0 spiro atoms. The Labute approximate surface area is 200 Å². The van der Waals surface area contributed by atoms with Crippen LogP contribution >= 0.6 is 0 Å². The maximum absolute atomic E-state index is 12.9. The fraction of sp³-hybridized carbons (Fsp3) is 0.308. The van der Waals surface area contributed by atoms with Crippen LogP contribution in [0.4, 0.5) is 0 Å². The normalized spacial score (nSPS) is 15.7. The summed E-state index contributed by atoms with van der Waals surface area (Å²) in [5.41, 5.74) is 3.10. The van der Waals surface area contributed by atoms with Crippen molar-refractivity contribution < 1.29 is 18.7 Å². The quantitative estimate of drug-likeness (QED) is 0.473. The van der Waals surface area contributed by atoms with Crippen LogP contribution in [0.1, 0.15) is 44.9 Å². The van der Waals surface area contributed by atoms with Crippen LogP contribution in [0.2, 0.25) is 0 Å². The van der Waals surface area contributed by atoms with Crippen LogP contribution in [-0.4, -0.2) is 45.5 Å². The van der Waals surface area contributed by atoms with Crippen LogP contribution in [0.15, 0.2) is 41.1 Å². The lowest BCUT2D eigenvalue weighted by molar-refractivity contribution is 0.0576. The molecule has 2 fully saturated rings. The zero-order chi connectivity index (χ0) is 24.3. The molecule has 1 aromatic carbocycles. The minimum Gasteiger partial charge on any atom is -0.460 e. The second kappa shape index (κ2) is 7.87. The molecule has 3 aromatic heterocycles. The van der Waals surface area contributed by atoms with Crippen molar-refractivity contribution in [1.29, 1.82) is 5.26 Å². The first-order valence-corrected chi connectivity index (χ1v) is 11.6. The average molecular weight is 470 g/mol. The summed E-state index contributed by atoms with van der Waals surface area (Å²) < 4.78 is 13.7. The van der Waals surface area contributed by atoms with E-state index in [1.54, 1.807) is 46.9 Å². The van der Waals surface area contributed by atoms with Crippen molar-refractivity contribution >= 4 is 28.3 Å². The van der Waals surface area contributed by atoms with Crippen LogP contribution in [0.25, 0.3) is 16.5 Å². The molecular weight excluding hydrogens is 446 g/mol. The van der Waals surface area contributed by atoms with Gasteiger partial charge in [0.15, 0.2) is 5.75 Å². The van der Waals surface area contributed by atoms with Gasteiger partial charge < -0.3 is 19.4 Å². The molecule has 4 aromatic rings. The Kier molecular flexibility index (Phi) is 4.78. The lowest BCUT2D eigenvalue weighted by Gasteiger charge is -2.35. The number of hydrogen-bond acceptors (Lipinski definition) is 6. The fourth-order valence-corrected chi connectivity index (χ4v) is 4.58. The van der Waals surface area contributed by atoms with Gasteiger partial charge in [-0.15, -0.1) is 0 Å². The minimum atomic E-state index is -0.116. The van der Waals surface area contributed by atoms with Gasteiger partial charge in [-0.05, 0) is 44.4 Å². The van der Waals surface area contributed by atoms with E-state index in [0.717, 1.165) is 23.8 Å². The number of aromatic nitrogens is 2. The number of amides is 2. The zero-order valence-electron chi connectivity index (χ0n) is 19.4. The van der Waals surface area contributed by atoms with E-state index in [4.69, 9.17) is 14.4 Å². The molecule has 1 N–H and O–H groups in total. The highest BCUT2D eigenvalue weighted by atomic mass is 16.5. The van der Waals surface area contributed by atoms with E-state index in [9.17, 15) is 9.59 Å². The molecule has 9 nitrogen and oxygen atoms in total. The largest absolute Gasteiger partial charge is 0.460 e. The van der Waals surface area contributed by atoms with Crippen molar-refractivity contribution in [1.82, 2.24) is 19.8 Å². The predicted octanol–water partition coefficient (Wildman–Crippen LogP) is 3.98. The second-order valence-corrected chi connectivity index (χ2v) is 9.23. The van der Waals surface area contributed by atoms with E-state index in [1.165, 1.54) is 0 Å².